The van der Waals surface area contributed by atoms with Gasteiger partial charge in [-0.15, -0.1) is 0 Å². The number of nitrogens with zero attached hydrogens (tertiary/aromatic N) is 1. The topological polar surface area (TPSA) is 32.3 Å². The largest absolute Gasteiger partial charge is 0.381 e. The van der Waals surface area contributed by atoms with Crippen LogP contribution in [-0.4, -0.2) is 18.5 Å². The zero-order chi connectivity index (χ0) is 14.5. The number of carbonyl (C=O) groups excluding carboxylic acids is 1. The van der Waals surface area contributed by atoms with Gasteiger partial charge in [0, 0.05) is 19.0 Å². The second-order valence-electron chi connectivity index (χ2n) is 6.18. The van der Waals surface area contributed by atoms with E-state index in [1.54, 1.807) is 0 Å². The van der Waals surface area contributed by atoms with Gasteiger partial charge in [-0.3, -0.25) is 4.79 Å². The number of nitrogens with one attached hydrogen (secondary N) is 1. The van der Waals surface area contributed by atoms with Gasteiger partial charge in [0.05, 0.1) is 11.4 Å². The Hall–Kier alpha value is -1.51. The molecule has 0 spiro atoms. The van der Waals surface area contributed by atoms with Gasteiger partial charge in [-0.25, -0.2) is 0 Å². The maximum absolute atomic E-state index is 11.9. The van der Waals surface area contributed by atoms with Crippen molar-refractivity contribution >= 4 is 17.3 Å². The van der Waals surface area contributed by atoms with E-state index in [1.807, 2.05) is 23.1 Å². The molecule has 1 heterocycles. The Morgan fingerprint density at radius 2 is 1.95 bits per heavy atom. The lowest BCUT2D eigenvalue weighted by Crippen LogP contribution is -2.26. The lowest BCUT2D eigenvalue weighted by molar-refractivity contribution is -0.117. The molecule has 1 atom stereocenters. The fraction of sp³-hybridized carbons (Fsp3) is 0.588. The molecule has 3 nitrogen and oxygen atoms in total. The van der Waals surface area contributed by atoms with Crippen molar-refractivity contribution in [1.29, 1.82) is 0 Å². The highest BCUT2D eigenvalue weighted by Gasteiger charge is 2.23. The minimum atomic E-state index is 0.245. The zero-order valence-corrected chi connectivity index (χ0v) is 12.9. The standard InChI is InChI=1S/C17H26N2O/c1-13(2)10-11-14(3)18-15-7-4-5-8-16(15)19-12-6-9-17(19)20/h4-5,7-8,13-14,18H,6,9-12H2,1-3H3. The summed E-state index contributed by atoms with van der Waals surface area (Å²) < 4.78 is 0. The summed E-state index contributed by atoms with van der Waals surface area (Å²) in [5.41, 5.74) is 2.12. The molecule has 20 heavy (non-hydrogen) atoms. The van der Waals surface area contributed by atoms with E-state index in [1.165, 1.54) is 6.42 Å². The predicted octanol–water partition coefficient (Wildman–Crippen LogP) is 4.05. The molecule has 1 unspecified atom stereocenters. The Bertz CT molecular complexity index is 456. The van der Waals surface area contributed by atoms with Crippen LogP contribution in [0.4, 0.5) is 11.4 Å². The Kier molecular flexibility index (Phi) is 5.05. The lowest BCUT2D eigenvalue weighted by Gasteiger charge is -2.23. The van der Waals surface area contributed by atoms with E-state index < -0.39 is 0 Å². The smallest absolute Gasteiger partial charge is 0.227 e. The number of anilines is 2. The number of hydrogen-bond donors (Lipinski definition) is 1. The zero-order valence-electron chi connectivity index (χ0n) is 12.9. The second kappa shape index (κ2) is 6.78. The molecule has 2 rings (SSSR count). The van der Waals surface area contributed by atoms with Crippen molar-refractivity contribution in [3.63, 3.8) is 0 Å². The van der Waals surface area contributed by atoms with Crippen molar-refractivity contribution < 1.29 is 4.79 Å². The van der Waals surface area contributed by atoms with Crippen LogP contribution in [0.1, 0.15) is 46.5 Å². The summed E-state index contributed by atoms with van der Waals surface area (Å²) in [6.07, 6.45) is 4.02. The van der Waals surface area contributed by atoms with Crippen molar-refractivity contribution in [2.24, 2.45) is 5.92 Å². The fourth-order valence-corrected chi connectivity index (χ4v) is 2.65. The molecule has 1 fully saturated rings. The first-order valence-corrected chi connectivity index (χ1v) is 7.74. The molecule has 1 aliphatic rings. The number of para-hydroxylation sites is 2. The normalized spacial score (nSPS) is 16.8. The Morgan fingerprint density at radius 3 is 2.60 bits per heavy atom. The van der Waals surface area contributed by atoms with Crippen LogP contribution >= 0.6 is 0 Å². The molecule has 1 N–H and O–H groups in total. The summed E-state index contributed by atoms with van der Waals surface area (Å²) >= 11 is 0. The number of carbonyl (C=O) groups is 1. The average molecular weight is 274 g/mol. The van der Waals surface area contributed by atoms with E-state index in [0.717, 1.165) is 36.7 Å². The molecule has 110 valence electrons. The second-order valence-corrected chi connectivity index (χ2v) is 6.18. The van der Waals surface area contributed by atoms with Gasteiger partial charge in [-0.2, -0.15) is 0 Å². The van der Waals surface area contributed by atoms with E-state index in [2.05, 4.69) is 32.2 Å². The van der Waals surface area contributed by atoms with Gasteiger partial charge in [0.25, 0.3) is 0 Å². The monoisotopic (exact) mass is 274 g/mol. The van der Waals surface area contributed by atoms with E-state index in [-0.39, 0.29) is 5.91 Å². The van der Waals surface area contributed by atoms with Crippen molar-refractivity contribution in [3.8, 4) is 0 Å². The third kappa shape index (κ3) is 3.75. The third-order valence-corrected chi connectivity index (χ3v) is 3.85. The van der Waals surface area contributed by atoms with Crippen LogP contribution in [0.3, 0.4) is 0 Å². The molecule has 0 aromatic heterocycles. The van der Waals surface area contributed by atoms with Gasteiger partial charge in [0.1, 0.15) is 0 Å². The molecule has 0 saturated carbocycles. The van der Waals surface area contributed by atoms with Crippen LogP contribution in [0.5, 0.6) is 0 Å². The highest BCUT2D eigenvalue weighted by molar-refractivity contribution is 5.98. The number of hydrogen-bond acceptors (Lipinski definition) is 2. The lowest BCUT2D eigenvalue weighted by atomic mass is 10.0. The summed E-state index contributed by atoms with van der Waals surface area (Å²) in [4.78, 5) is 13.8. The summed E-state index contributed by atoms with van der Waals surface area (Å²) in [5, 5.41) is 3.57. The Balaban J connectivity index is 2.06. The summed E-state index contributed by atoms with van der Waals surface area (Å²) in [7, 11) is 0. The number of amides is 1. The first-order chi connectivity index (χ1) is 9.58. The minimum absolute atomic E-state index is 0.245. The van der Waals surface area contributed by atoms with E-state index in [4.69, 9.17) is 0 Å². The maximum Gasteiger partial charge on any atom is 0.227 e. The molecule has 1 aliphatic heterocycles. The molecule has 3 heteroatoms. The molecule has 1 amide bonds. The van der Waals surface area contributed by atoms with Crippen LogP contribution in [0.25, 0.3) is 0 Å². The molecular formula is C17H26N2O. The molecule has 0 aliphatic carbocycles. The fourth-order valence-electron chi connectivity index (χ4n) is 2.65. The molecular weight excluding hydrogens is 248 g/mol. The molecule has 1 aromatic carbocycles. The summed E-state index contributed by atoms with van der Waals surface area (Å²) in [6, 6.07) is 8.58. The SMILES string of the molecule is CC(C)CCC(C)Nc1ccccc1N1CCCC1=O. The van der Waals surface area contributed by atoms with E-state index in [0.29, 0.717) is 12.5 Å². The van der Waals surface area contributed by atoms with E-state index >= 15 is 0 Å². The van der Waals surface area contributed by atoms with Gasteiger partial charge >= 0.3 is 0 Å². The van der Waals surface area contributed by atoms with Crippen LogP contribution in [-0.2, 0) is 4.79 Å². The van der Waals surface area contributed by atoms with Gasteiger partial charge in [-0.1, -0.05) is 26.0 Å². The maximum atomic E-state index is 11.9. The summed E-state index contributed by atoms with van der Waals surface area (Å²) in [6.45, 7) is 7.57. The number of rotatable bonds is 6. The van der Waals surface area contributed by atoms with Crippen LogP contribution in [0, 0.1) is 5.92 Å². The predicted molar refractivity (Wildman–Crippen MR) is 85.2 cm³/mol. The quantitative estimate of drug-likeness (QED) is 0.848. The van der Waals surface area contributed by atoms with Crippen molar-refractivity contribution in [2.75, 3.05) is 16.8 Å². The first-order valence-electron chi connectivity index (χ1n) is 7.74. The van der Waals surface area contributed by atoms with Gasteiger partial charge in [0.2, 0.25) is 5.91 Å². The highest BCUT2D eigenvalue weighted by atomic mass is 16.2. The molecule has 1 saturated heterocycles. The third-order valence-electron chi connectivity index (χ3n) is 3.85. The highest BCUT2D eigenvalue weighted by Crippen LogP contribution is 2.30. The Labute approximate surface area is 122 Å². The molecule has 1 aromatic rings. The van der Waals surface area contributed by atoms with Gasteiger partial charge in [-0.05, 0) is 44.2 Å². The van der Waals surface area contributed by atoms with Gasteiger partial charge in [0.15, 0.2) is 0 Å². The minimum Gasteiger partial charge on any atom is -0.381 e. The van der Waals surface area contributed by atoms with Crippen molar-refractivity contribution in [1.82, 2.24) is 0 Å². The molecule has 0 radical (unpaired) electrons. The van der Waals surface area contributed by atoms with Crippen LogP contribution in [0.15, 0.2) is 24.3 Å². The van der Waals surface area contributed by atoms with Crippen LogP contribution in [0.2, 0.25) is 0 Å². The average Bonchev–Trinajstić information content (AvgIpc) is 2.83. The van der Waals surface area contributed by atoms with E-state index in [9.17, 15) is 4.79 Å². The Morgan fingerprint density at radius 1 is 1.20 bits per heavy atom. The first kappa shape index (κ1) is 14.9. The van der Waals surface area contributed by atoms with Gasteiger partial charge < -0.3 is 10.2 Å². The van der Waals surface area contributed by atoms with Crippen molar-refractivity contribution in [2.45, 2.75) is 52.5 Å². The number of benzene rings is 1. The summed E-state index contributed by atoms with van der Waals surface area (Å²) in [5.74, 6) is 0.976. The van der Waals surface area contributed by atoms with Crippen molar-refractivity contribution in [3.05, 3.63) is 24.3 Å². The van der Waals surface area contributed by atoms with Crippen LogP contribution < -0.4 is 10.2 Å². The molecule has 0 bridgehead atoms.